The van der Waals surface area contributed by atoms with Crippen molar-refractivity contribution in [2.75, 3.05) is 31.2 Å². The van der Waals surface area contributed by atoms with Crippen molar-refractivity contribution in [3.05, 3.63) is 36.2 Å². The van der Waals surface area contributed by atoms with Crippen LogP contribution in [0.5, 0.6) is 5.88 Å². The number of anilines is 1. The van der Waals surface area contributed by atoms with Gasteiger partial charge in [0.05, 0.1) is 29.8 Å². The summed E-state index contributed by atoms with van der Waals surface area (Å²) in [5, 5.41) is 0. The molecular weight excluding hydrogens is 506 g/mol. The fourth-order valence-corrected chi connectivity index (χ4v) is 5.84. The number of fused-ring (bicyclic) bond motifs is 1. The lowest BCUT2D eigenvalue weighted by Gasteiger charge is -2.38. The first-order valence-electron chi connectivity index (χ1n) is 13.9. The number of nitrogens with zero attached hydrogens (tertiary/aromatic N) is 5. The molecule has 2 aliphatic carbocycles. The van der Waals surface area contributed by atoms with Crippen LogP contribution in [0.1, 0.15) is 63.6 Å². The first-order valence-corrected chi connectivity index (χ1v) is 13.9. The van der Waals surface area contributed by atoms with E-state index in [-0.39, 0.29) is 17.7 Å². The Hall–Kier alpha value is -3.18. The van der Waals surface area contributed by atoms with E-state index in [4.69, 9.17) is 15.2 Å². The lowest BCUT2D eigenvalue weighted by Crippen LogP contribution is -2.54. The fraction of sp³-hybridized carbons (Fsp3) is 0.571. The van der Waals surface area contributed by atoms with Gasteiger partial charge in [-0.25, -0.2) is 13.8 Å². The number of imidazole rings is 1. The molecule has 9 nitrogen and oxygen atoms in total. The van der Waals surface area contributed by atoms with Crippen LogP contribution in [0.2, 0.25) is 0 Å². The second-order valence-electron chi connectivity index (χ2n) is 11.0. The molecule has 1 aliphatic heterocycles. The lowest BCUT2D eigenvalue weighted by atomic mass is 9.71. The summed E-state index contributed by atoms with van der Waals surface area (Å²) in [5.74, 6) is 1.18. The maximum Gasteiger partial charge on any atom is 0.296 e. The van der Waals surface area contributed by atoms with Crippen LogP contribution in [0, 0.1) is 5.92 Å². The highest BCUT2D eigenvalue weighted by Gasteiger charge is 2.40. The van der Waals surface area contributed by atoms with Gasteiger partial charge in [0, 0.05) is 25.6 Å². The molecule has 2 saturated carbocycles. The molecule has 2 N–H and O–H groups in total. The topological polar surface area (TPSA) is 108 Å². The Balaban J connectivity index is 1.25. The number of carbonyl (C=O) groups excluding carboxylic acids is 1. The number of para-hydroxylation sites is 2. The third kappa shape index (κ3) is 5.34. The first kappa shape index (κ1) is 26.1. The molecule has 0 amide bonds. The summed E-state index contributed by atoms with van der Waals surface area (Å²) in [7, 11) is 0. The minimum absolute atomic E-state index is 0.0821. The molecule has 6 rings (SSSR count). The van der Waals surface area contributed by atoms with Crippen molar-refractivity contribution in [1.29, 1.82) is 0 Å². The zero-order valence-electron chi connectivity index (χ0n) is 21.9. The Morgan fingerprint density at radius 1 is 1.10 bits per heavy atom. The highest BCUT2D eigenvalue weighted by molar-refractivity contribution is 5.89. The van der Waals surface area contributed by atoms with Gasteiger partial charge in [-0.2, -0.15) is 9.97 Å². The van der Waals surface area contributed by atoms with Crippen molar-refractivity contribution in [3.8, 4) is 11.7 Å². The summed E-state index contributed by atoms with van der Waals surface area (Å²) < 4.78 is 41.4. The van der Waals surface area contributed by atoms with Crippen LogP contribution in [0.3, 0.4) is 0 Å². The average Bonchev–Trinajstić information content (AvgIpc) is 3.33. The van der Waals surface area contributed by atoms with Crippen LogP contribution in [-0.4, -0.2) is 63.2 Å². The summed E-state index contributed by atoms with van der Waals surface area (Å²) >= 11 is 0. The van der Waals surface area contributed by atoms with E-state index >= 15 is 0 Å². The molecule has 0 radical (unpaired) electrons. The molecule has 0 spiro atoms. The van der Waals surface area contributed by atoms with Crippen molar-refractivity contribution in [1.82, 2.24) is 19.5 Å². The van der Waals surface area contributed by atoms with Gasteiger partial charge < -0.3 is 20.1 Å². The van der Waals surface area contributed by atoms with Crippen molar-refractivity contribution in [3.63, 3.8) is 0 Å². The molecule has 3 aliphatic rings. The first-order chi connectivity index (χ1) is 18.9. The van der Waals surface area contributed by atoms with Gasteiger partial charge in [0.15, 0.2) is 11.6 Å². The molecule has 1 aromatic carbocycles. The van der Waals surface area contributed by atoms with E-state index in [9.17, 15) is 13.6 Å². The number of alkyl halides is 2. The van der Waals surface area contributed by atoms with Gasteiger partial charge in [0.25, 0.3) is 6.43 Å². The molecule has 1 saturated heterocycles. The van der Waals surface area contributed by atoms with Crippen LogP contribution >= 0.6 is 0 Å². The summed E-state index contributed by atoms with van der Waals surface area (Å²) in [6.07, 6.45) is 3.63. The molecular formula is C28H34F2N6O3. The second-order valence-corrected chi connectivity index (χ2v) is 11.0. The quantitative estimate of drug-likeness (QED) is 0.449. The predicted molar refractivity (Wildman–Crippen MR) is 141 cm³/mol. The number of hydrogen-bond acceptors (Lipinski definition) is 8. The number of carbonyl (C=O) groups is 1. The number of ether oxygens (including phenoxy) is 2. The zero-order valence-corrected chi connectivity index (χ0v) is 21.9. The minimum atomic E-state index is -2.78. The van der Waals surface area contributed by atoms with Gasteiger partial charge in [0.1, 0.15) is 11.9 Å². The largest absolute Gasteiger partial charge is 0.474 e. The summed E-state index contributed by atoms with van der Waals surface area (Å²) in [6, 6.07) is 8.64. The van der Waals surface area contributed by atoms with Gasteiger partial charge in [-0.05, 0) is 63.0 Å². The van der Waals surface area contributed by atoms with Gasteiger partial charge >= 0.3 is 0 Å². The molecule has 0 bridgehead atoms. The van der Waals surface area contributed by atoms with Gasteiger partial charge in [-0.3, -0.25) is 9.36 Å². The Morgan fingerprint density at radius 3 is 2.54 bits per heavy atom. The Bertz CT molecular complexity index is 1330. The SMILES string of the molecule is NC1(C(=O)CC2CCC(Oc3cc(-n4c(C(F)F)nc5ccccc54)nc(N4CCOCC4)n3)CC2)CCC1. The number of rotatable bonds is 8. The Kier molecular flexibility index (Phi) is 7.20. The molecule has 0 unspecified atom stereocenters. The molecule has 208 valence electrons. The Morgan fingerprint density at radius 2 is 1.85 bits per heavy atom. The van der Waals surface area contributed by atoms with E-state index in [2.05, 4.69) is 15.0 Å². The number of ketones is 1. The maximum absolute atomic E-state index is 14.1. The fourth-order valence-electron chi connectivity index (χ4n) is 5.84. The maximum atomic E-state index is 14.1. The molecule has 0 atom stereocenters. The number of Topliss-reactive ketones (excluding diaryl/α,β-unsaturated/α-hetero) is 1. The van der Waals surface area contributed by atoms with Crippen molar-refractivity contribution in [2.45, 2.75) is 69.4 Å². The van der Waals surface area contributed by atoms with E-state index in [0.717, 1.165) is 44.9 Å². The zero-order chi connectivity index (χ0) is 27.0. The number of halogens is 2. The highest BCUT2D eigenvalue weighted by Crippen LogP contribution is 2.36. The number of benzene rings is 1. The third-order valence-corrected chi connectivity index (χ3v) is 8.34. The van der Waals surface area contributed by atoms with E-state index in [0.29, 0.717) is 67.3 Å². The number of hydrogen-bond donors (Lipinski definition) is 1. The smallest absolute Gasteiger partial charge is 0.296 e. The molecule has 3 aromatic rings. The molecule has 11 heteroatoms. The van der Waals surface area contributed by atoms with Crippen molar-refractivity contribution in [2.24, 2.45) is 11.7 Å². The molecule has 3 fully saturated rings. The normalized spacial score (nSPS) is 23.1. The third-order valence-electron chi connectivity index (χ3n) is 8.34. The molecule has 2 aromatic heterocycles. The standard InChI is InChI=1S/C28H34F2N6O3/c29-25(30)26-32-20-4-1-2-5-21(20)36(26)23-17-24(34-27(33-23)35-12-14-38-15-13-35)39-19-8-6-18(7-9-19)16-22(37)28(31)10-3-11-28/h1-2,4-5,17-19,25H,3,6-16,31H2. The molecule has 39 heavy (non-hydrogen) atoms. The van der Waals surface area contributed by atoms with Crippen LogP contribution < -0.4 is 15.4 Å². The van der Waals surface area contributed by atoms with E-state index in [1.54, 1.807) is 30.3 Å². The summed E-state index contributed by atoms with van der Waals surface area (Å²) in [5.41, 5.74) is 6.64. The minimum Gasteiger partial charge on any atom is -0.474 e. The average molecular weight is 541 g/mol. The van der Waals surface area contributed by atoms with Gasteiger partial charge in [-0.15, -0.1) is 0 Å². The monoisotopic (exact) mass is 540 g/mol. The number of morpholine rings is 1. The number of nitrogens with two attached hydrogens (primary N) is 1. The van der Waals surface area contributed by atoms with Crippen LogP contribution in [0.15, 0.2) is 30.3 Å². The van der Waals surface area contributed by atoms with Crippen LogP contribution in [0.25, 0.3) is 16.9 Å². The highest BCUT2D eigenvalue weighted by atomic mass is 19.3. The number of aromatic nitrogens is 4. The van der Waals surface area contributed by atoms with Gasteiger partial charge in [0.2, 0.25) is 11.8 Å². The van der Waals surface area contributed by atoms with Gasteiger partial charge in [-0.1, -0.05) is 12.1 Å². The van der Waals surface area contributed by atoms with E-state index in [1.807, 2.05) is 4.90 Å². The lowest BCUT2D eigenvalue weighted by molar-refractivity contribution is -0.128. The van der Waals surface area contributed by atoms with E-state index in [1.165, 1.54) is 4.57 Å². The van der Waals surface area contributed by atoms with Crippen LogP contribution in [-0.2, 0) is 9.53 Å². The summed E-state index contributed by atoms with van der Waals surface area (Å²) in [4.78, 5) is 28.2. The molecule has 3 heterocycles. The Labute approximate surface area is 225 Å². The van der Waals surface area contributed by atoms with Crippen molar-refractivity contribution >= 4 is 22.8 Å². The second kappa shape index (κ2) is 10.8. The summed E-state index contributed by atoms with van der Waals surface area (Å²) in [6.45, 7) is 2.26. The predicted octanol–water partition coefficient (Wildman–Crippen LogP) is 4.37. The van der Waals surface area contributed by atoms with E-state index < -0.39 is 12.0 Å². The van der Waals surface area contributed by atoms with Crippen molar-refractivity contribution < 1.29 is 23.0 Å². The van der Waals surface area contributed by atoms with Crippen LogP contribution in [0.4, 0.5) is 14.7 Å².